The Labute approximate surface area is 118 Å². The molecule has 104 valence electrons. The van der Waals surface area contributed by atoms with Crippen molar-refractivity contribution in [2.45, 2.75) is 6.61 Å². The van der Waals surface area contributed by atoms with Crippen LogP contribution in [0.15, 0.2) is 36.4 Å². The number of halogens is 3. The zero-order valence-electron chi connectivity index (χ0n) is 10.1. The lowest BCUT2D eigenvalue weighted by Crippen LogP contribution is -2.04. The van der Waals surface area contributed by atoms with E-state index < -0.39 is 17.6 Å². The van der Waals surface area contributed by atoms with E-state index in [0.717, 1.165) is 18.2 Å². The highest BCUT2D eigenvalue weighted by Gasteiger charge is 2.11. The van der Waals surface area contributed by atoms with E-state index in [1.165, 1.54) is 18.2 Å². The maximum atomic E-state index is 13.6. The minimum atomic E-state index is -1.18. The molecule has 0 spiro atoms. The van der Waals surface area contributed by atoms with E-state index in [9.17, 15) is 13.6 Å². The fourth-order valence-electron chi connectivity index (χ4n) is 1.57. The molecule has 0 saturated heterocycles. The van der Waals surface area contributed by atoms with Crippen LogP contribution in [-0.2, 0) is 6.61 Å². The molecule has 0 radical (unpaired) electrons. The number of benzene rings is 2. The van der Waals surface area contributed by atoms with E-state index in [2.05, 4.69) is 0 Å². The van der Waals surface area contributed by atoms with Crippen molar-refractivity contribution in [3.05, 3.63) is 64.2 Å². The van der Waals surface area contributed by atoms with Crippen LogP contribution < -0.4 is 4.74 Å². The number of ether oxygens (including phenoxy) is 1. The third-order valence-corrected chi connectivity index (χ3v) is 2.88. The molecule has 0 atom stereocenters. The summed E-state index contributed by atoms with van der Waals surface area (Å²) in [6.45, 7) is -0.301. The van der Waals surface area contributed by atoms with E-state index in [-0.39, 0.29) is 28.5 Å². The molecule has 0 fully saturated rings. The van der Waals surface area contributed by atoms with Crippen LogP contribution in [0.1, 0.15) is 15.9 Å². The number of carboxylic acids is 1. The zero-order valence-corrected chi connectivity index (χ0v) is 10.8. The summed E-state index contributed by atoms with van der Waals surface area (Å²) >= 11 is 5.59. The van der Waals surface area contributed by atoms with Gasteiger partial charge in [-0.15, -0.1) is 0 Å². The summed E-state index contributed by atoms with van der Waals surface area (Å²) in [5, 5.41) is 8.72. The first kappa shape index (κ1) is 14.3. The third kappa shape index (κ3) is 3.05. The Balaban J connectivity index is 2.20. The van der Waals surface area contributed by atoms with Gasteiger partial charge in [-0.2, -0.15) is 0 Å². The van der Waals surface area contributed by atoms with Crippen molar-refractivity contribution in [3.8, 4) is 5.75 Å². The number of rotatable bonds is 4. The highest BCUT2D eigenvalue weighted by Crippen LogP contribution is 2.25. The Hall–Kier alpha value is -2.14. The summed E-state index contributed by atoms with van der Waals surface area (Å²) < 4.78 is 32.2. The van der Waals surface area contributed by atoms with Crippen molar-refractivity contribution in [1.82, 2.24) is 0 Å². The normalized spacial score (nSPS) is 10.3. The van der Waals surface area contributed by atoms with Crippen LogP contribution in [0.5, 0.6) is 5.75 Å². The number of hydrogen-bond donors (Lipinski definition) is 1. The molecule has 2 aromatic rings. The van der Waals surface area contributed by atoms with Crippen molar-refractivity contribution in [1.29, 1.82) is 0 Å². The van der Waals surface area contributed by atoms with Gasteiger partial charge in [-0.25, -0.2) is 13.6 Å². The molecule has 2 aromatic carbocycles. The molecule has 6 heteroatoms. The minimum Gasteiger partial charge on any atom is -0.486 e. The topological polar surface area (TPSA) is 46.5 Å². The summed E-state index contributed by atoms with van der Waals surface area (Å²) in [7, 11) is 0. The SMILES string of the molecule is O=C(O)c1ccc(F)c(COc2cccc(Cl)c2F)c1. The van der Waals surface area contributed by atoms with E-state index >= 15 is 0 Å². The smallest absolute Gasteiger partial charge is 0.335 e. The first-order valence-electron chi connectivity index (χ1n) is 5.57. The van der Waals surface area contributed by atoms with Crippen molar-refractivity contribution in [2.24, 2.45) is 0 Å². The van der Waals surface area contributed by atoms with E-state index in [1.807, 2.05) is 0 Å². The number of hydrogen-bond acceptors (Lipinski definition) is 2. The van der Waals surface area contributed by atoms with Gasteiger partial charge in [0.2, 0.25) is 0 Å². The second-order valence-corrected chi connectivity index (χ2v) is 4.36. The standard InChI is InChI=1S/C14H9ClF2O3/c15-10-2-1-3-12(13(10)17)20-7-9-6-8(14(18)19)4-5-11(9)16/h1-6H,7H2,(H,18,19). The third-order valence-electron chi connectivity index (χ3n) is 2.59. The van der Waals surface area contributed by atoms with Crippen LogP contribution >= 0.6 is 11.6 Å². The van der Waals surface area contributed by atoms with Crippen molar-refractivity contribution in [2.75, 3.05) is 0 Å². The van der Waals surface area contributed by atoms with Gasteiger partial charge in [-0.1, -0.05) is 17.7 Å². The second-order valence-electron chi connectivity index (χ2n) is 3.95. The monoisotopic (exact) mass is 298 g/mol. The zero-order chi connectivity index (χ0) is 14.7. The lowest BCUT2D eigenvalue weighted by Gasteiger charge is -2.09. The van der Waals surface area contributed by atoms with Gasteiger partial charge in [0.15, 0.2) is 11.6 Å². The largest absolute Gasteiger partial charge is 0.486 e. The van der Waals surface area contributed by atoms with Gasteiger partial charge in [0.1, 0.15) is 12.4 Å². The Kier molecular flexibility index (Phi) is 4.20. The molecule has 0 saturated carbocycles. The average Bonchev–Trinajstić information content (AvgIpc) is 2.41. The van der Waals surface area contributed by atoms with Crippen LogP contribution in [0, 0.1) is 11.6 Å². The van der Waals surface area contributed by atoms with Crippen LogP contribution in [0.4, 0.5) is 8.78 Å². The second kappa shape index (κ2) is 5.88. The van der Waals surface area contributed by atoms with Crippen LogP contribution in [0.25, 0.3) is 0 Å². The molecule has 0 bridgehead atoms. The van der Waals surface area contributed by atoms with E-state index in [1.54, 1.807) is 0 Å². The molecule has 1 N–H and O–H groups in total. The van der Waals surface area contributed by atoms with Crippen molar-refractivity contribution in [3.63, 3.8) is 0 Å². The first-order valence-corrected chi connectivity index (χ1v) is 5.95. The van der Waals surface area contributed by atoms with Crippen molar-refractivity contribution < 1.29 is 23.4 Å². The molecule has 0 aliphatic rings. The first-order chi connectivity index (χ1) is 9.49. The number of aromatic carboxylic acids is 1. The summed E-state index contributed by atoms with van der Waals surface area (Å²) in [4.78, 5) is 10.8. The highest BCUT2D eigenvalue weighted by atomic mass is 35.5. The Morgan fingerprint density at radius 3 is 2.70 bits per heavy atom. The van der Waals surface area contributed by atoms with Gasteiger partial charge in [-0.3, -0.25) is 0 Å². The molecule has 0 unspecified atom stereocenters. The molecule has 20 heavy (non-hydrogen) atoms. The van der Waals surface area contributed by atoms with Gasteiger partial charge < -0.3 is 9.84 Å². The molecule has 0 aliphatic carbocycles. The lowest BCUT2D eigenvalue weighted by molar-refractivity contribution is 0.0696. The molecular weight excluding hydrogens is 290 g/mol. The van der Waals surface area contributed by atoms with E-state index in [0.29, 0.717) is 0 Å². The molecular formula is C14H9ClF2O3. The quantitative estimate of drug-likeness (QED) is 0.931. The predicted octanol–water partition coefficient (Wildman–Crippen LogP) is 3.90. The Morgan fingerprint density at radius 2 is 2.00 bits per heavy atom. The molecule has 0 amide bonds. The fraction of sp³-hybridized carbons (Fsp3) is 0.0714. The number of carboxylic acid groups (broad SMARTS) is 1. The van der Waals surface area contributed by atoms with Gasteiger partial charge in [0.25, 0.3) is 0 Å². The van der Waals surface area contributed by atoms with Crippen LogP contribution in [0.2, 0.25) is 5.02 Å². The predicted molar refractivity (Wildman–Crippen MR) is 69.1 cm³/mol. The lowest BCUT2D eigenvalue weighted by atomic mass is 10.1. The summed E-state index contributed by atoms with van der Waals surface area (Å²) in [5.41, 5.74) is -0.0548. The fourth-order valence-corrected chi connectivity index (χ4v) is 1.74. The van der Waals surface area contributed by atoms with Gasteiger partial charge in [0.05, 0.1) is 10.6 Å². The average molecular weight is 299 g/mol. The molecule has 0 aromatic heterocycles. The maximum Gasteiger partial charge on any atom is 0.335 e. The molecule has 3 nitrogen and oxygen atoms in total. The summed E-state index contributed by atoms with van der Waals surface area (Å²) in [6, 6.07) is 7.50. The summed E-state index contributed by atoms with van der Waals surface area (Å²) in [6.07, 6.45) is 0. The van der Waals surface area contributed by atoms with Gasteiger partial charge >= 0.3 is 5.97 Å². The van der Waals surface area contributed by atoms with Crippen LogP contribution in [0.3, 0.4) is 0 Å². The maximum absolute atomic E-state index is 13.6. The number of carbonyl (C=O) groups is 1. The molecule has 2 rings (SSSR count). The highest BCUT2D eigenvalue weighted by molar-refractivity contribution is 6.30. The minimum absolute atomic E-state index is 0.0178. The molecule has 0 heterocycles. The van der Waals surface area contributed by atoms with Gasteiger partial charge in [0, 0.05) is 5.56 Å². The summed E-state index contributed by atoms with van der Waals surface area (Å²) in [5.74, 6) is -2.68. The van der Waals surface area contributed by atoms with Gasteiger partial charge in [-0.05, 0) is 30.3 Å². The Morgan fingerprint density at radius 1 is 1.25 bits per heavy atom. The van der Waals surface area contributed by atoms with E-state index in [4.69, 9.17) is 21.4 Å². The van der Waals surface area contributed by atoms with Crippen molar-refractivity contribution >= 4 is 17.6 Å². The Bertz CT molecular complexity index is 659. The molecule has 0 aliphatic heterocycles. The van der Waals surface area contributed by atoms with Crippen LogP contribution in [-0.4, -0.2) is 11.1 Å².